The van der Waals surface area contributed by atoms with Crippen molar-refractivity contribution in [3.05, 3.63) is 11.6 Å². The molecule has 0 unspecified atom stereocenters. The highest BCUT2D eigenvalue weighted by atomic mass is 16.1. The lowest BCUT2D eigenvalue weighted by atomic mass is 9.66. The van der Waals surface area contributed by atoms with Crippen LogP contribution in [0.15, 0.2) is 11.6 Å². The SMILES string of the molecule is CC1=C[C@@H](C)[C@@H]2C(=O)CC[C@@]2(C)C1. The number of rotatable bonds is 0. The van der Waals surface area contributed by atoms with E-state index in [-0.39, 0.29) is 5.41 Å². The Morgan fingerprint density at radius 1 is 1.54 bits per heavy atom. The third-order valence-electron chi connectivity index (χ3n) is 3.80. The first-order valence-electron chi connectivity index (χ1n) is 5.23. The summed E-state index contributed by atoms with van der Waals surface area (Å²) in [4.78, 5) is 11.7. The Bertz CT molecular complexity index is 277. The van der Waals surface area contributed by atoms with Crippen LogP contribution < -0.4 is 0 Å². The highest BCUT2D eigenvalue weighted by molar-refractivity contribution is 5.85. The molecule has 2 rings (SSSR count). The molecule has 0 bridgehead atoms. The zero-order valence-electron chi connectivity index (χ0n) is 8.76. The first-order valence-corrected chi connectivity index (χ1v) is 5.23. The maximum atomic E-state index is 11.7. The molecule has 1 heteroatoms. The van der Waals surface area contributed by atoms with Gasteiger partial charge in [-0.2, -0.15) is 0 Å². The average molecular weight is 178 g/mol. The molecule has 0 heterocycles. The van der Waals surface area contributed by atoms with Crippen molar-refractivity contribution >= 4 is 5.78 Å². The standard InChI is InChI=1S/C12H18O/c1-8-6-9(2)11-10(13)4-5-12(11,3)7-8/h6,9,11H,4-5,7H2,1-3H3/t9-,11-,12+/m1/s1. The predicted octanol–water partition coefficient (Wildman–Crippen LogP) is 2.96. The molecule has 3 atom stereocenters. The molecule has 1 fully saturated rings. The smallest absolute Gasteiger partial charge is 0.137 e. The van der Waals surface area contributed by atoms with Gasteiger partial charge in [0.05, 0.1) is 0 Å². The van der Waals surface area contributed by atoms with Crippen LogP contribution in [0, 0.1) is 17.3 Å². The summed E-state index contributed by atoms with van der Waals surface area (Å²) >= 11 is 0. The molecule has 0 N–H and O–H groups in total. The number of hydrogen-bond acceptors (Lipinski definition) is 1. The van der Waals surface area contributed by atoms with Gasteiger partial charge in [0.2, 0.25) is 0 Å². The average Bonchev–Trinajstić information content (AvgIpc) is 2.26. The Morgan fingerprint density at radius 3 is 2.92 bits per heavy atom. The summed E-state index contributed by atoms with van der Waals surface area (Å²) in [5.74, 6) is 1.28. The molecule has 0 aromatic rings. The highest BCUT2D eigenvalue weighted by Gasteiger charge is 2.48. The summed E-state index contributed by atoms with van der Waals surface area (Å²) in [5, 5.41) is 0. The Morgan fingerprint density at radius 2 is 2.23 bits per heavy atom. The molecule has 0 aliphatic heterocycles. The molecule has 0 amide bonds. The number of allylic oxidation sites excluding steroid dienone is 2. The minimum absolute atomic E-state index is 0.287. The van der Waals surface area contributed by atoms with E-state index >= 15 is 0 Å². The molecule has 72 valence electrons. The summed E-state index contributed by atoms with van der Waals surface area (Å²) in [7, 11) is 0. The van der Waals surface area contributed by atoms with Crippen molar-refractivity contribution in [1.29, 1.82) is 0 Å². The van der Waals surface area contributed by atoms with Crippen molar-refractivity contribution in [3.63, 3.8) is 0 Å². The molecule has 0 spiro atoms. The fourth-order valence-electron chi connectivity index (χ4n) is 3.48. The summed E-state index contributed by atoms with van der Waals surface area (Å²) < 4.78 is 0. The Labute approximate surface area is 80.2 Å². The summed E-state index contributed by atoms with van der Waals surface area (Å²) in [5.41, 5.74) is 1.76. The number of carbonyl (C=O) groups excluding carboxylic acids is 1. The zero-order chi connectivity index (χ0) is 9.64. The van der Waals surface area contributed by atoms with Gasteiger partial charge in [0.1, 0.15) is 5.78 Å². The lowest BCUT2D eigenvalue weighted by Crippen LogP contribution is -2.33. The van der Waals surface area contributed by atoms with Gasteiger partial charge < -0.3 is 0 Å². The molecular formula is C12H18O. The molecule has 2 aliphatic carbocycles. The number of Topliss-reactive ketones (excluding diaryl/α,β-unsaturated/α-hetero) is 1. The van der Waals surface area contributed by atoms with E-state index in [1.165, 1.54) is 5.57 Å². The van der Waals surface area contributed by atoms with Gasteiger partial charge in [-0.1, -0.05) is 25.5 Å². The Balaban J connectivity index is 2.37. The topological polar surface area (TPSA) is 17.1 Å². The molecule has 1 nitrogen and oxygen atoms in total. The molecule has 0 aromatic carbocycles. The monoisotopic (exact) mass is 178 g/mol. The van der Waals surface area contributed by atoms with Crippen LogP contribution in [-0.4, -0.2) is 5.78 Å². The third kappa shape index (κ3) is 1.25. The molecule has 0 saturated heterocycles. The number of ketones is 1. The predicted molar refractivity (Wildman–Crippen MR) is 53.4 cm³/mol. The Kier molecular flexibility index (Phi) is 1.86. The minimum atomic E-state index is 0.287. The van der Waals surface area contributed by atoms with E-state index in [2.05, 4.69) is 26.8 Å². The van der Waals surface area contributed by atoms with Crippen LogP contribution in [0.1, 0.15) is 40.0 Å². The van der Waals surface area contributed by atoms with E-state index in [0.29, 0.717) is 17.6 Å². The van der Waals surface area contributed by atoms with Crippen LogP contribution >= 0.6 is 0 Å². The lowest BCUT2D eigenvalue weighted by Gasteiger charge is -2.38. The van der Waals surface area contributed by atoms with Crippen molar-refractivity contribution in [2.75, 3.05) is 0 Å². The van der Waals surface area contributed by atoms with Gasteiger partial charge in [-0.3, -0.25) is 4.79 Å². The van der Waals surface area contributed by atoms with Crippen molar-refractivity contribution < 1.29 is 4.79 Å². The van der Waals surface area contributed by atoms with E-state index in [1.54, 1.807) is 0 Å². The number of fused-ring (bicyclic) bond motifs is 1. The van der Waals surface area contributed by atoms with Crippen LogP contribution in [0.2, 0.25) is 0 Å². The van der Waals surface area contributed by atoms with Crippen molar-refractivity contribution in [2.45, 2.75) is 40.0 Å². The fraction of sp³-hybridized carbons (Fsp3) is 0.750. The van der Waals surface area contributed by atoms with E-state index < -0.39 is 0 Å². The van der Waals surface area contributed by atoms with Crippen molar-refractivity contribution in [2.24, 2.45) is 17.3 Å². The molecule has 2 aliphatic rings. The van der Waals surface area contributed by atoms with Gasteiger partial charge in [-0.15, -0.1) is 0 Å². The molecular weight excluding hydrogens is 160 g/mol. The second-order valence-electron chi connectivity index (χ2n) is 5.15. The second kappa shape index (κ2) is 2.70. The van der Waals surface area contributed by atoms with E-state index in [9.17, 15) is 4.79 Å². The van der Waals surface area contributed by atoms with Gasteiger partial charge >= 0.3 is 0 Å². The Hall–Kier alpha value is -0.590. The van der Waals surface area contributed by atoms with E-state index in [1.807, 2.05) is 0 Å². The van der Waals surface area contributed by atoms with Gasteiger partial charge in [-0.05, 0) is 31.1 Å². The summed E-state index contributed by atoms with van der Waals surface area (Å²) in [6.45, 7) is 6.67. The molecule has 13 heavy (non-hydrogen) atoms. The van der Waals surface area contributed by atoms with Gasteiger partial charge in [0.25, 0.3) is 0 Å². The zero-order valence-corrected chi connectivity index (χ0v) is 8.76. The normalized spacial score (nSPS) is 44.5. The highest BCUT2D eigenvalue weighted by Crippen LogP contribution is 2.51. The summed E-state index contributed by atoms with van der Waals surface area (Å²) in [6, 6.07) is 0. The molecule has 0 radical (unpaired) electrons. The molecule has 0 aromatic heterocycles. The minimum Gasteiger partial charge on any atom is -0.299 e. The lowest BCUT2D eigenvalue weighted by molar-refractivity contribution is -0.123. The summed E-state index contributed by atoms with van der Waals surface area (Å²) in [6.07, 6.45) is 5.34. The quantitative estimate of drug-likeness (QED) is 0.521. The van der Waals surface area contributed by atoms with E-state index in [0.717, 1.165) is 19.3 Å². The number of carbonyl (C=O) groups is 1. The largest absolute Gasteiger partial charge is 0.299 e. The maximum Gasteiger partial charge on any atom is 0.137 e. The fourth-order valence-corrected chi connectivity index (χ4v) is 3.48. The van der Waals surface area contributed by atoms with Gasteiger partial charge in [0.15, 0.2) is 0 Å². The third-order valence-corrected chi connectivity index (χ3v) is 3.80. The molecule has 1 saturated carbocycles. The van der Waals surface area contributed by atoms with Crippen molar-refractivity contribution in [1.82, 2.24) is 0 Å². The van der Waals surface area contributed by atoms with Crippen LogP contribution in [0.25, 0.3) is 0 Å². The van der Waals surface area contributed by atoms with Crippen LogP contribution in [0.5, 0.6) is 0 Å². The van der Waals surface area contributed by atoms with E-state index in [4.69, 9.17) is 0 Å². The maximum absolute atomic E-state index is 11.7. The van der Waals surface area contributed by atoms with Crippen LogP contribution in [0.3, 0.4) is 0 Å². The van der Waals surface area contributed by atoms with Gasteiger partial charge in [0, 0.05) is 12.3 Å². The van der Waals surface area contributed by atoms with Gasteiger partial charge in [-0.25, -0.2) is 0 Å². The van der Waals surface area contributed by atoms with Crippen molar-refractivity contribution in [3.8, 4) is 0 Å². The number of hydrogen-bond donors (Lipinski definition) is 0. The second-order valence-corrected chi connectivity index (χ2v) is 5.15. The van der Waals surface area contributed by atoms with Crippen LogP contribution in [-0.2, 0) is 4.79 Å². The van der Waals surface area contributed by atoms with Crippen LogP contribution in [0.4, 0.5) is 0 Å². The first-order chi connectivity index (χ1) is 6.03. The first kappa shape index (κ1) is 8.98.